The minimum absolute atomic E-state index is 0.370. The number of nitrogens with zero attached hydrogens (tertiary/aromatic N) is 2. The first-order valence-electron chi connectivity index (χ1n) is 7.29. The summed E-state index contributed by atoms with van der Waals surface area (Å²) in [7, 11) is 0. The van der Waals surface area contributed by atoms with Crippen LogP contribution in [0.15, 0.2) is 24.3 Å². The van der Waals surface area contributed by atoms with Crippen LogP contribution in [0.4, 0.5) is 10.8 Å². The van der Waals surface area contributed by atoms with Crippen molar-refractivity contribution in [2.24, 2.45) is 0 Å². The van der Waals surface area contributed by atoms with Crippen LogP contribution in [0.3, 0.4) is 0 Å². The van der Waals surface area contributed by atoms with Gasteiger partial charge in [0.15, 0.2) is 5.13 Å². The third kappa shape index (κ3) is 2.65. The maximum atomic E-state index is 11.3. The number of para-hydroxylation sites is 1. The first-order chi connectivity index (χ1) is 10.2. The second kappa shape index (κ2) is 5.85. The zero-order chi connectivity index (χ0) is 14.8. The number of benzene rings is 1. The molecule has 2 heterocycles. The Morgan fingerprint density at radius 1 is 1.38 bits per heavy atom. The molecule has 0 aliphatic carbocycles. The van der Waals surface area contributed by atoms with Gasteiger partial charge in [0.1, 0.15) is 4.88 Å². The summed E-state index contributed by atoms with van der Waals surface area (Å²) in [5.74, 6) is -0.876. The number of aromatic nitrogens is 1. The fourth-order valence-corrected chi connectivity index (χ4v) is 3.78. The molecule has 2 aromatic rings. The van der Waals surface area contributed by atoms with Gasteiger partial charge in [-0.2, -0.15) is 0 Å². The van der Waals surface area contributed by atoms with E-state index in [-0.39, 0.29) is 0 Å². The van der Waals surface area contributed by atoms with Crippen molar-refractivity contribution < 1.29 is 9.90 Å². The summed E-state index contributed by atoms with van der Waals surface area (Å²) < 4.78 is 0. The molecule has 0 saturated carbocycles. The highest BCUT2D eigenvalue weighted by molar-refractivity contribution is 7.17. The van der Waals surface area contributed by atoms with Gasteiger partial charge in [-0.1, -0.05) is 36.5 Å². The van der Waals surface area contributed by atoms with Crippen LogP contribution in [0.1, 0.15) is 40.7 Å². The third-order valence-corrected chi connectivity index (χ3v) is 4.91. The van der Waals surface area contributed by atoms with E-state index in [0.29, 0.717) is 17.0 Å². The Kier molecular flexibility index (Phi) is 3.92. The second-order valence-corrected chi connectivity index (χ2v) is 6.15. The quantitative estimate of drug-likeness (QED) is 0.935. The SMILES string of the molecule is CCc1nc(N2CCCCc3ccccc32)sc1C(=O)O. The predicted molar refractivity (Wildman–Crippen MR) is 84.8 cm³/mol. The van der Waals surface area contributed by atoms with Crippen molar-refractivity contribution in [3.63, 3.8) is 0 Å². The van der Waals surface area contributed by atoms with Gasteiger partial charge >= 0.3 is 5.97 Å². The van der Waals surface area contributed by atoms with E-state index in [4.69, 9.17) is 0 Å². The first-order valence-corrected chi connectivity index (χ1v) is 8.10. The molecule has 0 fully saturated rings. The van der Waals surface area contributed by atoms with E-state index in [1.165, 1.54) is 22.6 Å². The van der Waals surface area contributed by atoms with Gasteiger partial charge in [-0.05, 0) is 37.3 Å². The molecule has 1 aromatic carbocycles. The van der Waals surface area contributed by atoms with Crippen LogP contribution in [0, 0.1) is 0 Å². The van der Waals surface area contributed by atoms with Crippen molar-refractivity contribution in [2.45, 2.75) is 32.6 Å². The van der Waals surface area contributed by atoms with Crippen molar-refractivity contribution in [1.29, 1.82) is 0 Å². The van der Waals surface area contributed by atoms with Crippen molar-refractivity contribution in [2.75, 3.05) is 11.4 Å². The zero-order valence-electron chi connectivity index (χ0n) is 12.0. The summed E-state index contributed by atoms with van der Waals surface area (Å²) >= 11 is 1.29. The number of aromatic carboxylic acids is 1. The number of carboxylic acid groups (broad SMARTS) is 1. The van der Waals surface area contributed by atoms with Gasteiger partial charge < -0.3 is 10.0 Å². The van der Waals surface area contributed by atoms with Gasteiger partial charge in [0.05, 0.1) is 5.69 Å². The molecule has 21 heavy (non-hydrogen) atoms. The van der Waals surface area contributed by atoms with Gasteiger partial charge in [0.25, 0.3) is 0 Å². The maximum absolute atomic E-state index is 11.3. The van der Waals surface area contributed by atoms with Crippen LogP contribution in [-0.4, -0.2) is 22.6 Å². The number of rotatable bonds is 3. The molecule has 0 bridgehead atoms. The Hall–Kier alpha value is -1.88. The van der Waals surface area contributed by atoms with Crippen LogP contribution in [0.25, 0.3) is 0 Å². The molecule has 3 rings (SSSR count). The van der Waals surface area contributed by atoms with E-state index < -0.39 is 5.97 Å². The Morgan fingerprint density at radius 2 is 2.19 bits per heavy atom. The molecule has 0 atom stereocenters. The first kappa shape index (κ1) is 14.1. The van der Waals surface area contributed by atoms with Crippen molar-refractivity contribution >= 4 is 28.1 Å². The standard InChI is InChI=1S/C16H18N2O2S/c1-2-12-14(15(19)20)21-16(17-12)18-10-6-5-8-11-7-3-4-9-13(11)18/h3-4,7,9H,2,5-6,8,10H2,1H3,(H,19,20). The lowest BCUT2D eigenvalue weighted by molar-refractivity contribution is 0.0701. The summed E-state index contributed by atoms with van der Waals surface area (Å²) in [6.45, 7) is 2.84. The average Bonchev–Trinajstić information content (AvgIpc) is 2.81. The minimum atomic E-state index is -0.876. The smallest absolute Gasteiger partial charge is 0.347 e. The number of carbonyl (C=O) groups is 1. The van der Waals surface area contributed by atoms with Crippen LogP contribution in [0.2, 0.25) is 0 Å². The number of hydrogen-bond donors (Lipinski definition) is 1. The summed E-state index contributed by atoms with van der Waals surface area (Å²) in [6, 6.07) is 8.35. The molecule has 4 nitrogen and oxygen atoms in total. The molecule has 0 spiro atoms. The lowest BCUT2D eigenvalue weighted by atomic mass is 10.1. The van der Waals surface area contributed by atoms with E-state index in [1.807, 2.05) is 13.0 Å². The van der Waals surface area contributed by atoms with Crippen molar-refractivity contribution in [3.8, 4) is 0 Å². The van der Waals surface area contributed by atoms with Gasteiger partial charge in [-0.3, -0.25) is 0 Å². The maximum Gasteiger partial charge on any atom is 0.347 e. The highest BCUT2D eigenvalue weighted by Crippen LogP contribution is 2.36. The fourth-order valence-electron chi connectivity index (χ4n) is 2.75. The van der Waals surface area contributed by atoms with Crippen LogP contribution >= 0.6 is 11.3 Å². The molecule has 0 radical (unpaired) electrons. The van der Waals surface area contributed by atoms with Crippen LogP contribution < -0.4 is 4.90 Å². The summed E-state index contributed by atoms with van der Waals surface area (Å²) in [6.07, 6.45) is 3.97. The van der Waals surface area contributed by atoms with Gasteiger partial charge in [0, 0.05) is 12.2 Å². The Morgan fingerprint density at radius 3 is 2.90 bits per heavy atom. The number of carboxylic acids is 1. The van der Waals surface area contributed by atoms with E-state index in [0.717, 1.165) is 30.9 Å². The van der Waals surface area contributed by atoms with Crippen LogP contribution in [-0.2, 0) is 12.8 Å². The number of fused-ring (bicyclic) bond motifs is 1. The number of thiazole rings is 1. The monoisotopic (exact) mass is 302 g/mol. The average molecular weight is 302 g/mol. The highest BCUT2D eigenvalue weighted by atomic mass is 32.1. The zero-order valence-corrected chi connectivity index (χ0v) is 12.8. The van der Waals surface area contributed by atoms with Crippen molar-refractivity contribution in [3.05, 3.63) is 40.4 Å². The van der Waals surface area contributed by atoms with Gasteiger partial charge in [-0.15, -0.1) is 0 Å². The fraction of sp³-hybridized carbons (Fsp3) is 0.375. The summed E-state index contributed by atoms with van der Waals surface area (Å²) in [4.78, 5) is 18.5. The third-order valence-electron chi connectivity index (χ3n) is 3.81. The number of hydrogen-bond acceptors (Lipinski definition) is 4. The normalized spacial score (nSPS) is 14.6. The Bertz CT molecular complexity index is 666. The second-order valence-electron chi connectivity index (χ2n) is 5.17. The van der Waals surface area contributed by atoms with Crippen molar-refractivity contribution in [1.82, 2.24) is 4.98 Å². The Labute approximate surface area is 128 Å². The summed E-state index contributed by atoms with van der Waals surface area (Å²) in [5, 5.41) is 10.1. The Balaban J connectivity index is 2.06. The molecule has 110 valence electrons. The molecular formula is C16H18N2O2S. The lowest BCUT2D eigenvalue weighted by Gasteiger charge is -2.21. The highest BCUT2D eigenvalue weighted by Gasteiger charge is 2.23. The predicted octanol–water partition coefficient (Wildman–Crippen LogP) is 3.88. The molecule has 0 saturated heterocycles. The van der Waals surface area contributed by atoms with E-state index in [9.17, 15) is 9.90 Å². The van der Waals surface area contributed by atoms with E-state index >= 15 is 0 Å². The minimum Gasteiger partial charge on any atom is -0.477 e. The number of anilines is 2. The number of aryl methyl sites for hydroxylation is 2. The molecular weight excluding hydrogens is 284 g/mol. The molecule has 1 aromatic heterocycles. The van der Waals surface area contributed by atoms with Crippen LogP contribution in [0.5, 0.6) is 0 Å². The molecule has 5 heteroatoms. The topological polar surface area (TPSA) is 53.4 Å². The van der Waals surface area contributed by atoms with Gasteiger partial charge in [0.2, 0.25) is 0 Å². The molecule has 1 N–H and O–H groups in total. The van der Waals surface area contributed by atoms with E-state index in [2.05, 4.69) is 28.1 Å². The van der Waals surface area contributed by atoms with E-state index in [1.54, 1.807) is 0 Å². The molecule has 0 amide bonds. The summed E-state index contributed by atoms with van der Waals surface area (Å²) in [5.41, 5.74) is 3.17. The molecule has 1 aliphatic rings. The molecule has 1 aliphatic heterocycles. The lowest BCUT2D eigenvalue weighted by Crippen LogP contribution is -2.17. The molecule has 0 unspecified atom stereocenters. The largest absolute Gasteiger partial charge is 0.477 e. The van der Waals surface area contributed by atoms with Gasteiger partial charge in [-0.25, -0.2) is 9.78 Å².